The first-order valence-corrected chi connectivity index (χ1v) is 6.12. The van der Waals surface area contributed by atoms with Crippen molar-refractivity contribution in [3.8, 4) is 0 Å². The molecule has 0 aromatic rings. The van der Waals surface area contributed by atoms with E-state index < -0.39 is 21.9 Å². The molecule has 0 radical (unpaired) electrons. The van der Waals surface area contributed by atoms with Crippen molar-refractivity contribution in [1.29, 1.82) is 0 Å². The largest absolute Gasteiger partial charge is 0.310 e. The highest BCUT2D eigenvalue weighted by atomic mass is 17.0. The first kappa shape index (κ1) is 11.5. The lowest BCUT2D eigenvalue weighted by Gasteiger charge is -2.57. The molecule has 0 saturated heterocycles. The average molecular weight is 258 g/mol. The third kappa shape index (κ3) is 1.75. The minimum atomic E-state index is -0.742. The second-order valence-electron chi connectivity index (χ2n) is 5.76. The summed E-state index contributed by atoms with van der Waals surface area (Å²) < 4.78 is 0. The Hall–Kier alpha value is -1.60. The van der Waals surface area contributed by atoms with Crippen LogP contribution in [-0.2, 0) is 9.68 Å². The molecule has 8 nitrogen and oxygen atoms in total. The van der Waals surface area contributed by atoms with Gasteiger partial charge in [0.1, 0.15) is 11.7 Å². The van der Waals surface area contributed by atoms with Gasteiger partial charge >= 0.3 is 0 Å². The Morgan fingerprint density at radius 1 is 1.00 bits per heavy atom. The Morgan fingerprint density at radius 3 is 2.11 bits per heavy atom. The predicted molar refractivity (Wildman–Crippen MR) is 56.2 cm³/mol. The molecule has 0 amide bonds. The lowest BCUT2D eigenvalue weighted by Crippen LogP contribution is -2.59. The summed E-state index contributed by atoms with van der Waals surface area (Å²) in [6, 6.07) is 0. The molecule has 4 aliphatic rings. The number of nitrogens with zero attached hydrogens (tertiary/aromatic N) is 2. The van der Waals surface area contributed by atoms with Gasteiger partial charge in [-0.15, -0.1) is 20.2 Å². The molecule has 0 heterocycles. The summed E-state index contributed by atoms with van der Waals surface area (Å²) in [6.07, 6.45) is 3.01. The Bertz CT molecular complexity index is 384. The van der Waals surface area contributed by atoms with E-state index in [0.29, 0.717) is 25.2 Å². The van der Waals surface area contributed by atoms with Crippen molar-refractivity contribution in [3.63, 3.8) is 0 Å². The molecule has 4 aliphatic carbocycles. The lowest BCUT2D eigenvalue weighted by atomic mass is 9.53. The highest BCUT2D eigenvalue weighted by Crippen LogP contribution is 2.57. The maximum atomic E-state index is 10.6. The van der Waals surface area contributed by atoms with Gasteiger partial charge in [0.25, 0.3) is 10.2 Å². The van der Waals surface area contributed by atoms with E-state index >= 15 is 0 Å². The zero-order valence-corrected chi connectivity index (χ0v) is 9.69. The predicted octanol–water partition coefficient (Wildman–Crippen LogP) is 1.35. The summed E-state index contributed by atoms with van der Waals surface area (Å²) in [7, 11) is 0. The van der Waals surface area contributed by atoms with Gasteiger partial charge in [-0.2, -0.15) is 0 Å². The molecule has 0 aromatic carbocycles. The molecule has 0 aliphatic heterocycles. The molecular formula is C10H14N2O6. The van der Waals surface area contributed by atoms with Crippen molar-refractivity contribution in [2.75, 3.05) is 0 Å². The van der Waals surface area contributed by atoms with Gasteiger partial charge in [0, 0.05) is 0 Å². The maximum Gasteiger partial charge on any atom is 0.295 e. The minimum absolute atomic E-state index is 0.0154. The number of hydrogen-bond donors (Lipinski definition) is 0. The van der Waals surface area contributed by atoms with Crippen LogP contribution in [0.4, 0.5) is 0 Å². The highest BCUT2D eigenvalue weighted by molar-refractivity contribution is 5.06. The van der Waals surface area contributed by atoms with Crippen LogP contribution in [0.3, 0.4) is 0 Å². The molecule has 0 spiro atoms. The van der Waals surface area contributed by atoms with E-state index in [1.54, 1.807) is 0 Å². The molecule has 18 heavy (non-hydrogen) atoms. The van der Waals surface area contributed by atoms with Crippen LogP contribution in [0, 0.1) is 38.0 Å². The fourth-order valence-electron chi connectivity index (χ4n) is 4.44. The van der Waals surface area contributed by atoms with Crippen LogP contribution < -0.4 is 0 Å². The van der Waals surface area contributed by atoms with Crippen LogP contribution in [0.25, 0.3) is 0 Å². The highest BCUT2D eigenvalue weighted by Gasteiger charge is 2.58. The number of rotatable bonds is 4. The molecule has 4 fully saturated rings. The normalized spacial score (nSPS) is 44.7. The zero-order valence-electron chi connectivity index (χ0n) is 9.69. The van der Waals surface area contributed by atoms with E-state index in [1.807, 2.05) is 0 Å². The van der Waals surface area contributed by atoms with E-state index in [0.717, 1.165) is 12.8 Å². The third-order valence-electron chi connectivity index (χ3n) is 4.61. The van der Waals surface area contributed by atoms with Crippen LogP contribution >= 0.6 is 0 Å². The summed E-state index contributed by atoms with van der Waals surface area (Å²) in [5.74, 6) is 0.414. The zero-order chi connectivity index (χ0) is 12.9. The summed E-state index contributed by atoms with van der Waals surface area (Å²) in [5.41, 5.74) is -0.712. The molecule has 4 saturated carbocycles. The van der Waals surface area contributed by atoms with Gasteiger partial charge in [-0.05, 0) is 49.9 Å². The van der Waals surface area contributed by atoms with Crippen molar-refractivity contribution >= 4 is 0 Å². The van der Waals surface area contributed by atoms with Crippen LogP contribution in [-0.4, -0.2) is 21.9 Å². The van der Waals surface area contributed by atoms with Crippen LogP contribution in [0.5, 0.6) is 0 Å². The van der Waals surface area contributed by atoms with E-state index in [9.17, 15) is 20.2 Å². The van der Waals surface area contributed by atoms with Crippen molar-refractivity contribution < 1.29 is 19.8 Å². The molecule has 0 N–H and O–H groups in total. The Labute approximate surface area is 102 Å². The van der Waals surface area contributed by atoms with E-state index in [-0.39, 0.29) is 11.8 Å². The Kier molecular flexibility index (Phi) is 2.36. The maximum absolute atomic E-state index is 10.6. The van der Waals surface area contributed by atoms with Gasteiger partial charge in [-0.1, -0.05) is 0 Å². The standard InChI is InChI=1S/C10H14N2O6/c13-11(14)17-9-7-1-6-2-8(9)5-10(3-6,4-7)18-12(15)16/h6-9H,1-5H2/t6?,7-,8+,9?,10?. The SMILES string of the molecule is O=[N+]([O-])OC1[C@@H]2CC3C[C@H]1CC(O[N+](=O)[O-])(C3)C2. The third-order valence-corrected chi connectivity index (χ3v) is 4.61. The van der Waals surface area contributed by atoms with Gasteiger partial charge in [-0.3, -0.25) is 0 Å². The molecule has 0 aromatic heterocycles. The average Bonchev–Trinajstić information content (AvgIpc) is 2.20. The van der Waals surface area contributed by atoms with Crippen LogP contribution in [0.1, 0.15) is 32.1 Å². The van der Waals surface area contributed by atoms with Crippen LogP contribution in [0.15, 0.2) is 0 Å². The molecule has 3 unspecified atom stereocenters. The van der Waals surface area contributed by atoms with Gasteiger partial charge in [0.05, 0.1) is 0 Å². The fraction of sp³-hybridized carbons (Fsp3) is 1.00. The molecule has 5 atom stereocenters. The van der Waals surface area contributed by atoms with E-state index in [1.165, 1.54) is 0 Å². The van der Waals surface area contributed by atoms with Crippen molar-refractivity contribution in [3.05, 3.63) is 20.2 Å². The van der Waals surface area contributed by atoms with Crippen molar-refractivity contribution in [1.82, 2.24) is 0 Å². The quantitative estimate of drug-likeness (QED) is 0.556. The second-order valence-corrected chi connectivity index (χ2v) is 5.76. The van der Waals surface area contributed by atoms with Gasteiger partial charge < -0.3 is 9.68 Å². The number of hydrogen-bond acceptors (Lipinski definition) is 6. The molecule has 4 rings (SSSR count). The van der Waals surface area contributed by atoms with E-state index in [4.69, 9.17) is 9.68 Å². The summed E-state index contributed by atoms with van der Waals surface area (Å²) in [5, 5.41) is 19.6. The second kappa shape index (κ2) is 3.69. The molecule has 100 valence electrons. The first-order chi connectivity index (χ1) is 8.47. The van der Waals surface area contributed by atoms with Crippen LogP contribution in [0.2, 0.25) is 0 Å². The Balaban J connectivity index is 1.79. The van der Waals surface area contributed by atoms with Crippen molar-refractivity contribution in [2.24, 2.45) is 17.8 Å². The smallest absolute Gasteiger partial charge is 0.295 e. The van der Waals surface area contributed by atoms with Gasteiger partial charge in [-0.25, -0.2) is 0 Å². The molecule has 4 bridgehead atoms. The molecular weight excluding hydrogens is 244 g/mol. The fourth-order valence-corrected chi connectivity index (χ4v) is 4.44. The van der Waals surface area contributed by atoms with Gasteiger partial charge in [0.2, 0.25) is 0 Å². The topological polar surface area (TPSA) is 105 Å². The minimum Gasteiger partial charge on any atom is -0.310 e. The van der Waals surface area contributed by atoms with Gasteiger partial charge in [0.15, 0.2) is 0 Å². The van der Waals surface area contributed by atoms with Crippen molar-refractivity contribution in [2.45, 2.75) is 43.8 Å². The summed E-state index contributed by atoms with van der Waals surface area (Å²) >= 11 is 0. The Morgan fingerprint density at radius 2 is 1.61 bits per heavy atom. The first-order valence-electron chi connectivity index (χ1n) is 6.12. The lowest BCUT2D eigenvalue weighted by molar-refractivity contribution is -0.792. The molecule has 8 heteroatoms. The summed E-state index contributed by atoms with van der Waals surface area (Å²) in [4.78, 5) is 30.8. The monoisotopic (exact) mass is 258 g/mol. The van der Waals surface area contributed by atoms with E-state index in [2.05, 4.69) is 0 Å². The summed E-state index contributed by atoms with van der Waals surface area (Å²) in [6.45, 7) is 0.